The number of aromatic carboxylic acids is 1. The third kappa shape index (κ3) is 3.35. The number of nitrogens with zero attached hydrogens (tertiary/aromatic N) is 2. The quantitative estimate of drug-likeness (QED) is 0.403. The molecule has 1 aromatic carbocycles. The summed E-state index contributed by atoms with van der Waals surface area (Å²) in [6.45, 7) is 0. The van der Waals surface area contributed by atoms with Crippen molar-refractivity contribution in [3.8, 4) is 0 Å². The molecule has 0 fully saturated rings. The maximum absolute atomic E-state index is 11.6. The molecule has 0 aliphatic carbocycles. The van der Waals surface area contributed by atoms with Crippen LogP contribution >= 0.6 is 0 Å². The van der Waals surface area contributed by atoms with Gasteiger partial charge in [0.1, 0.15) is 11.4 Å². The van der Waals surface area contributed by atoms with Gasteiger partial charge in [-0.3, -0.25) is 15.2 Å². The zero-order chi connectivity index (χ0) is 15.4. The van der Waals surface area contributed by atoms with Gasteiger partial charge in [0, 0.05) is 0 Å². The van der Waals surface area contributed by atoms with Gasteiger partial charge in [-0.05, 0) is 17.7 Å². The number of hydrogen-bond donors (Lipinski definition) is 4. The van der Waals surface area contributed by atoms with Crippen molar-refractivity contribution in [2.45, 2.75) is 0 Å². The summed E-state index contributed by atoms with van der Waals surface area (Å²) in [6.07, 6.45) is 1.19. The average molecular weight is 287 g/mol. The number of aromatic nitrogens is 2. The standard InChI is InChI=1S/C12H12N6O3/c13-9-8(10(19)17-12(14)16-9)5-15-18-7-3-1-6(2-4-7)11(20)21/h1-5,18H,(H,20,21)(H5,13,14,16,17,19)/p-1/b15-5+. The Kier molecular flexibility index (Phi) is 3.84. The van der Waals surface area contributed by atoms with E-state index in [0.717, 1.165) is 0 Å². The zero-order valence-electron chi connectivity index (χ0n) is 10.7. The van der Waals surface area contributed by atoms with Crippen molar-refractivity contribution in [3.63, 3.8) is 0 Å². The minimum absolute atomic E-state index is 0.0471. The van der Waals surface area contributed by atoms with Crippen LogP contribution in [0, 0.1) is 0 Å². The summed E-state index contributed by atoms with van der Waals surface area (Å²) >= 11 is 0. The van der Waals surface area contributed by atoms with Crippen LogP contribution in [0.3, 0.4) is 0 Å². The lowest BCUT2D eigenvalue weighted by atomic mass is 10.2. The largest absolute Gasteiger partial charge is 0.545 e. The topological polar surface area (TPSA) is 162 Å². The molecule has 2 rings (SSSR count). The fourth-order valence-electron chi connectivity index (χ4n) is 1.49. The van der Waals surface area contributed by atoms with Gasteiger partial charge in [-0.1, -0.05) is 12.1 Å². The van der Waals surface area contributed by atoms with Crippen LogP contribution in [0.4, 0.5) is 17.5 Å². The third-order valence-corrected chi connectivity index (χ3v) is 2.51. The number of carbonyl (C=O) groups is 1. The van der Waals surface area contributed by atoms with Gasteiger partial charge in [0.05, 0.1) is 17.9 Å². The molecule has 0 saturated heterocycles. The fourth-order valence-corrected chi connectivity index (χ4v) is 1.49. The summed E-state index contributed by atoms with van der Waals surface area (Å²) in [4.78, 5) is 28.1. The van der Waals surface area contributed by atoms with Crippen molar-refractivity contribution in [1.29, 1.82) is 0 Å². The van der Waals surface area contributed by atoms with Gasteiger partial charge >= 0.3 is 0 Å². The SMILES string of the molecule is Nc1nc(N)c(/C=N/Nc2ccc(C(=O)[O-])cc2)c(=O)[nH]1. The molecule has 0 amide bonds. The number of benzene rings is 1. The molecule has 9 heteroatoms. The molecule has 0 atom stereocenters. The minimum Gasteiger partial charge on any atom is -0.545 e. The van der Waals surface area contributed by atoms with E-state index in [2.05, 4.69) is 20.5 Å². The van der Waals surface area contributed by atoms with E-state index in [4.69, 9.17) is 11.5 Å². The summed E-state index contributed by atoms with van der Waals surface area (Å²) in [5.41, 5.74) is 13.6. The smallest absolute Gasteiger partial charge is 0.263 e. The van der Waals surface area contributed by atoms with Crippen LogP contribution in [-0.4, -0.2) is 22.2 Å². The first kappa shape index (κ1) is 14.1. The molecule has 6 N–H and O–H groups in total. The van der Waals surface area contributed by atoms with Gasteiger partial charge in [0.25, 0.3) is 5.56 Å². The third-order valence-electron chi connectivity index (χ3n) is 2.51. The summed E-state index contributed by atoms with van der Waals surface area (Å²) < 4.78 is 0. The molecular formula is C12H11N6O3-. The van der Waals surface area contributed by atoms with Gasteiger partial charge in [-0.15, -0.1) is 0 Å². The highest BCUT2D eigenvalue weighted by atomic mass is 16.4. The predicted molar refractivity (Wildman–Crippen MR) is 75.7 cm³/mol. The number of carboxylic acid groups (broad SMARTS) is 1. The molecule has 0 spiro atoms. The van der Waals surface area contributed by atoms with Crippen molar-refractivity contribution in [2.24, 2.45) is 5.10 Å². The average Bonchev–Trinajstić information content (AvgIpc) is 2.42. The number of anilines is 3. The number of carboxylic acids is 1. The van der Waals surface area contributed by atoms with Crippen LogP contribution < -0.4 is 27.6 Å². The number of hydrazone groups is 1. The second kappa shape index (κ2) is 5.74. The van der Waals surface area contributed by atoms with Gasteiger partial charge in [0.15, 0.2) is 0 Å². The van der Waals surface area contributed by atoms with E-state index in [0.29, 0.717) is 5.69 Å². The van der Waals surface area contributed by atoms with E-state index in [-0.39, 0.29) is 22.9 Å². The number of rotatable bonds is 4. The number of nitrogens with one attached hydrogen (secondary N) is 2. The zero-order valence-corrected chi connectivity index (χ0v) is 10.7. The molecule has 108 valence electrons. The van der Waals surface area contributed by atoms with Crippen LogP contribution in [0.15, 0.2) is 34.2 Å². The Balaban J connectivity index is 2.13. The lowest BCUT2D eigenvalue weighted by Crippen LogP contribution is -2.21. The number of aromatic amines is 1. The van der Waals surface area contributed by atoms with Crippen LogP contribution in [0.25, 0.3) is 0 Å². The van der Waals surface area contributed by atoms with Crippen LogP contribution in [-0.2, 0) is 0 Å². The Morgan fingerprint density at radius 3 is 2.57 bits per heavy atom. The van der Waals surface area contributed by atoms with Gasteiger partial charge in [-0.2, -0.15) is 10.1 Å². The molecule has 1 aromatic heterocycles. The predicted octanol–water partition coefficient (Wildman–Crippen LogP) is -1.26. The first-order valence-corrected chi connectivity index (χ1v) is 5.73. The lowest BCUT2D eigenvalue weighted by Gasteiger charge is -2.04. The van der Waals surface area contributed by atoms with Crippen LogP contribution in [0.2, 0.25) is 0 Å². The highest BCUT2D eigenvalue weighted by Crippen LogP contribution is 2.09. The Morgan fingerprint density at radius 2 is 2.00 bits per heavy atom. The Labute approximate surface area is 118 Å². The van der Waals surface area contributed by atoms with Gasteiger partial charge < -0.3 is 21.4 Å². The number of carbonyl (C=O) groups excluding carboxylic acids is 1. The first-order valence-electron chi connectivity index (χ1n) is 5.73. The monoisotopic (exact) mass is 287 g/mol. The molecule has 0 aliphatic heterocycles. The fraction of sp³-hybridized carbons (Fsp3) is 0. The van der Waals surface area contributed by atoms with Crippen molar-refractivity contribution in [3.05, 3.63) is 45.7 Å². The maximum atomic E-state index is 11.6. The molecule has 1 heterocycles. The Bertz CT molecular complexity index is 751. The van der Waals surface area contributed by atoms with E-state index >= 15 is 0 Å². The van der Waals surface area contributed by atoms with E-state index in [1.165, 1.54) is 30.5 Å². The molecule has 0 radical (unpaired) electrons. The molecule has 9 nitrogen and oxygen atoms in total. The number of H-pyrrole nitrogens is 1. The highest BCUT2D eigenvalue weighted by Gasteiger charge is 2.04. The molecule has 2 aromatic rings. The first-order chi connectivity index (χ1) is 9.97. The molecule has 0 saturated carbocycles. The van der Waals surface area contributed by atoms with Gasteiger partial charge in [0.2, 0.25) is 5.95 Å². The number of nitrogen functional groups attached to an aromatic ring is 2. The normalized spacial score (nSPS) is 10.7. The molecule has 21 heavy (non-hydrogen) atoms. The van der Waals surface area contributed by atoms with E-state index in [9.17, 15) is 14.7 Å². The van der Waals surface area contributed by atoms with E-state index in [1.807, 2.05) is 0 Å². The second-order valence-corrected chi connectivity index (χ2v) is 3.98. The summed E-state index contributed by atoms with van der Waals surface area (Å²) in [7, 11) is 0. The van der Waals surface area contributed by atoms with Gasteiger partial charge in [-0.25, -0.2) is 0 Å². The molecule has 0 unspecified atom stereocenters. The van der Waals surface area contributed by atoms with E-state index < -0.39 is 11.5 Å². The summed E-state index contributed by atoms with van der Waals surface area (Å²) in [5.74, 6) is -1.40. The number of hydrogen-bond acceptors (Lipinski definition) is 8. The van der Waals surface area contributed by atoms with Crippen LogP contribution in [0.1, 0.15) is 15.9 Å². The minimum atomic E-state index is -1.27. The van der Waals surface area contributed by atoms with E-state index in [1.54, 1.807) is 0 Å². The lowest BCUT2D eigenvalue weighted by molar-refractivity contribution is -0.255. The number of nitrogens with two attached hydrogens (primary N) is 2. The molecule has 0 aliphatic rings. The van der Waals surface area contributed by atoms with Crippen molar-refractivity contribution < 1.29 is 9.90 Å². The molecule has 0 bridgehead atoms. The van der Waals surface area contributed by atoms with Crippen molar-refractivity contribution in [2.75, 3.05) is 16.9 Å². The second-order valence-electron chi connectivity index (χ2n) is 3.98. The summed E-state index contributed by atoms with van der Waals surface area (Å²) in [6, 6.07) is 5.72. The van der Waals surface area contributed by atoms with Crippen molar-refractivity contribution in [1.82, 2.24) is 9.97 Å². The highest BCUT2D eigenvalue weighted by molar-refractivity contribution is 5.87. The Hall–Kier alpha value is -3.36. The maximum Gasteiger partial charge on any atom is 0.263 e. The molecular weight excluding hydrogens is 276 g/mol. The van der Waals surface area contributed by atoms with Crippen molar-refractivity contribution >= 4 is 29.6 Å². The van der Waals surface area contributed by atoms with Crippen LogP contribution in [0.5, 0.6) is 0 Å². The Morgan fingerprint density at radius 1 is 1.33 bits per heavy atom. The summed E-state index contributed by atoms with van der Waals surface area (Å²) in [5, 5.41) is 14.4.